The van der Waals surface area contributed by atoms with Gasteiger partial charge in [-0.25, -0.2) is 0 Å². The number of nitrogens with zero attached hydrogens (tertiary/aromatic N) is 1. The third-order valence-electron chi connectivity index (χ3n) is 4.22. The SMILES string of the molecule is CN1[C@@H]2CC[C@H]1CC(Sc1cccc(N)c1)C2. The molecule has 17 heavy (non-hydrogen) atoms. The molecular weight excluding hydrogens is 228 g/mol. The summed E-state index contributed by atoms with van der Waals surface area (Å²) in [5.41, 5.74) is 6.71. The van der Waals surface area contributed by atoms with Crippen LogP contribution in [0.5, 0.6) is 0 Å². The molecule has 0 saturated carbocycles. The molecule has 0 spiro atoms. The molecule has 1 unspecified atom stereocenters. The molecular formula is C14H20N2S. The second-order valence-corrected chi connectivity index (χ2v) is 6.71. The van der Waals surface area contributed by atoms with E-state index in [1.54, 1.807) is 0 Å². The minimum absolute atomic E-state index is 0.783. The molecule has 1 aromatic rings. The van der Waals surface area contributed by atoms with Crippen molar-refractivity contribution < 1.29 is 0 Å². The molecule has 92 valence electrons. The summed E-state index contributed by atoms with van der Waals surface area (Å²) in [7, 11) is 2.30. The summed E-state index contributed by atoms with van der Waals surface area (Å²) >= 11 is 2.02. The summed E-state index contributed by atoms with van der Waals surface area (Å²) in [6, 6.07) is 9.95. The standard InChI is InChI=1S/C14H20N2S/c1-16-11-5-6-12(16)9-14(8-11)17-13-4-2-3-10(15)7-13/h2-4,7,11-12,14H,5-6,8-9,15H2,1H3/t11-,12+,14?. The van der Waals surface area contributed by atoms with Crippen molar-refractivity contribution in [3.05, 3.63) is 24.3 Å². The number of hydrogen-bond acceptors (Lipinski definition) is 3. The summed E-state index contributed by atoms with van der Waals surface area (Å²) in [5, 5.41) is 0.783. The van der Waals surface area contributed by atoms with Crippen molar-refractivity contribution in [2.24, 2.45) is 0 Å². The summed E-state index contributed by atoms with van der Waals surface area (Å²) in [6.07, 6.45) is 5.48. The van der Waals surface area contributed by atoms with E-state index < -0.39 is 0 Å². The molecule has 0 aliphatic carbocycles. The number of nitrogen functional groups attached to an aromatic ring is 1. The topological polar surface area (TPSA) is 29.3 Å². The van der Waals surface area contributed by atoms with Crippen molar-refractivity contribution in [1.82, 2.24) is 4.90 Å². The Labute approximate surface area is 108 Å². The van der Waals surface area contributed by atoms with Crippen LogP contribution in [0.3, 0.4) is 0 Å². The molecule has 2 aliphatic heterocycles. The number of benzene rings is 1. The van der Waals surface area contributed by atoms with Crippen molar-refractivity contribution in [2.45, 2.75) is 47.9 Å². The van der Waals surface area contributed by atoms with Crippen LogP contribution >= 0.6 is 11.8 Å². The third-order valence-corrected chi connectivity index (χ3v) is 5.46. The van der Waals surface area contributed by atoms with Gasteiger partial charge in [0.05, 0.1) is 0 Å². The molecule has 2 heterocycles. The molecule has 2 N–H and O–H groups in total. The Morgan fingerprint density at radius 3 is 2.59 bits per heavy atom. The van der Waals surface area contributed by atoms with E-state index in [-0.39, 0.29) is 0 Å². The van der Waals surface area contributed by atoms with E-state index in [9.17, 15) is 0 Å². The zero-order valence-electron chi connectivity index (χ0n) is 10.3. The number of fused-ring (bicyclic) bond motifs is 2. The minimum atomic E-state index is 0.783. The van der Waals surface area contributed by atoms with Crippen LogP contribution in [0.15, 0.2) is 29.2 Å². The fourth-order valence-corrected chi connectivity index (χ4v) is 4.62. The van der Waals surface area contributed by atoms with Crippen molar-refractivity contribution in [2.75, 3.05) is 12.8 Å². The van der Waals surface area contributed by atoms with Gasteiger partial charge in [0.1, 0.15) is 0 Å². The molecule has 0 amide bonds. The molecule has 0 radical (unpaired) electrons. The number of nitrogens with two attached hydrogens (primary N) is 1. The highest BCUT2D eigenvalue weighted by Gasteiger charge is 2.38. The lowest BCUT2D eigenvalue weighted by molar-refractivity contribution is 0.183. The minimum Gasteiger partial charge on any atom is -0.399 e. The Hall–Kier alpha value is -0.670. The molecule has 2 bridgehead atoms. The fraction of sp³-hybridized carbons (Fsp3) is 0.571. The lowest BCUT2D eigenvalue weighted by Crippen LogP contribution is -2.40. The van der Waals surface area contributed by atoms with Gasteiger partial charge in [-0.2, -0.15) is 0 Å². The Balaban J connectivity index is 1.67. The quantitative estimate of drug-likeness (QED) is 0.816. The van der Waals surface area contributed by atoms with Gasteiger partial charge >= 0.3 is 0 Å². The van der Waals surface area contributed by atoms with Gasteiger partial charge in [-0.3, -0.25) is 0 Å². The molecule has 2 saturated heterocycles. The van der Waals surface area contributed by atoms with Crippen LogP contribution in [-0.4, -0.2) is 29.3 Å². The maximum atomic E-state index is 5.83. The highest BCUT2D eigenvalue weighted by molar-refractivity contribution is 8.00. The van der Waals surface area contributed by atoms with Crippen molar-refractivity contribution in [1.29, 1.82) is 0 Å². The molecule has 0 aromatic heterocycles. The van der Waals surface area contributed by atoms with Gasteiger partial charge in [-0.1, -0.05) is 6.07 Å². The average molecular weight is 248 g/mol. The third kappa shape index (κ3) is 2.31. The molecule has 2 fully saturated rings. The van der Waals surface area contributed by atoms with Crippen molar-refractivity contribution in [3.8, 4) is 0 Å². The van der Waals surface area contributed by atoms with Crippen molar-refractivity contribution in [3.63, 3.8) is 0 Å². The summed E-state index contributed by atoms with van der Waals surface area (Å²) < 4.78 is 0. The monoisotopic (exact) mass is 248 g/mol. The lowest BCUT2D eigenvalue weighted by Gasteiger charge is -2.36. The van der Waals surface area contributed by atoms with Gasteiger partial charge in [0.2, 0.25) is 0 Å². The Morgan fingerprint density at radius 2 is 1.94 bits per heavy atom. The second-order valence-electron chi connectivity index (χ2n) is 5.33. The first kappa shape index (κ1) is 11.4. The van der Waals surface area contributed by atoms with E-state index in [1.165, 1.54) is 30.6 Å². The number of thioether (sulfide) groups is 1. The van der Waals surface area contributed by atoms with E-state index >= 15 is 0 Å². The molecule has 3 atom stereocenters. The van der Waals surface area contributed by atoms with Gasteiger partial charge < -0.3 is 10.6 Å². The van der Waals surface area contributed by atoms with E-state index in [0.717, 1.165) is 23.0 Å². The number of piperidine rings is 1. The Morgan fingerprint density at radius 1 is 1.24 bits per heavy atom. The van der Waals surface area contributed by atoms with E-state index in [1.807, 2.05) is 17.8 Å². The van der Waals surface area contributed by atoms with E-state index in [2.05, 4.69) is 30.1 Å². The Kier molecular flexibility index (Phi) is 3.05. The first-order valence-corrected chi connectivity index (χ1v) is 7.34. The number of hydrogen-bond donors (Lipinski definition) is 1. The van der Waals surface area contributed by atoms with Crippen LogP contribution in [0.4, 0.5) is 5.69 Å². The molecule has 2 aliphatic rings. The van der Waals surface area contributed by atoms with Gasteiger partial charge in [0.15, 0.2) is 0 Å². The summed E-state index contributed by atoms with van der Waals surface area (Å²) in [5.74, 6) is 0. The number of anilines is 1. The maximum Gasteiger partial charge on any atom is 0.0325 e. The first-order chi connectivity index (χ1) is 8.22. The molecule has 3 heteroatoms. The summed E-state index contributed by atoms with van der Waals surface area (Å²) in [6.45, 7) is 0. The van der Waals surface area contributed by atoms with Crippen LogP contribution < -0.4 is 5.73 Å². The average Bonchev–Trinajstić information content (AvgIpc) is 2.52. The largest absolute Gasteiger partial charge is 0.399 e. The smallest absolute Gasteiger partial charge is 0.0325 e. The second kappa shape index (κ2) is 4.54. The highest BCUT2D eigenvalue weighted by Crippen LogP contribution is 2.41. The van der Waals surface area contributed by atoms with Crippen LogP contribution in [0, 0.1) is 0 Å². The van der Waals surface area contributed by atoms with E-state index in [0.29, 0.717) is 0 Å². The fourth-order valence-electron chi connectivity index (χ4n) is 3.24. The van der Waals surface area contributed by atoms with Crippen LogP contribution in [0.1, 0.15) is 25.7 Å². The number of rotatable bonds is 2. The van der Waals surface area contributed by atoms with Crippen LogP contribution in [-0.2, 0) is 0 Å². The highest BCUT2D eigenvalue weighted by atomic mass is 32.2. The normalized spacial score (nSPS) is 32.9. The van der Waals surface area contributed by atoms with Gasteiger partial charge in [0.25, 0.3) is 0 Å². The molecule has 1 aromatic carbocycles. The predicted molar refractivity (Wildman–Crippen MR) is 74.3 cm³/mol. The zero-order valence-corrected chi connectivity index (χ0v) is 11.1. The van der Waals surface area contributed by atoms with E-state index in [4.69, 9.17) is 5.73 Å². The maximum absolute atomic E-state index is 5.83. The lowest BCUT2D eigenvalue weighted by atomic mass is 10.0. The molecule has 3 rings (SSSR count). The van der Waals surface area contributed by atoms with Gasteiger partial charge in [0, 0.05) is 27.9 Å². The zero-order chi connectivity index (χ0) is 11.8. The predicted octanol–water partition coefficient (Wildman–Crippen LogP) is 2.99. The summed E-state index contributed by atoms with van der Waals surface area (Å²) in [4.78, 5) is 3.93. The first-order valence-electron chi connectivity index (χ1n) is 6.46. The Bertz CT molecular complexity index is 393. The van der Waals surface area contributed by atoms with Crippen LogP contribution in [0.2, 0.25) is 0 Å². The van der Waals surface area contributed by atoms with Gasteiger partial charge in [-0.15, -0.1) is 11.8 Å². The van der Waals surface area contributed by atoms with Gasteiger partial charge in [-0.05, 0) is 50.9 Å². The van der Waals surface area contributed by atoms with Crippen molar-refractivity contribution >= 4 is 17.4 Å². The van der Waals surface area contributed by atoms with Crippen LogP contribution in [0.25, 0.3) is 0 Å². The molecule has 2 nitrogen and oxygen atoms in total.